The number of fused-ring (bicyclic) bond motifs is 1. The van der Waals surface area contributed by atoms with Crippen LogP contribution in [0.1, 0.15) is 44.7 Å². The Balaban J connectivity index is 2.44. The molecule has 0 aromatic heterocycles. The van der Waals surface area contributed by atoms with Crippen LogP contribution in [0.2, 0.25) is 0 Å². The van der Waals surface area contributed by atoms with Crippen LogP contribution in [-0.4, -0.2) is 5.60 Å². The molecule has 0 radical (unpaired) electrons. The Bertz CT molecular complexity index is 402. The normalized spacial score (nSPS) is 22.8. The summed E-state index contributed by atoms with van der Waals surface area (Å²) in [4.78, 5) is 0. The molecule has 1 nitrogen and oxygen atoms in total. The minimum Gasteiger partial charge on any atom is -0.487 e. The number of ether oxygens (including phenoxy) is 1. The van der Waals surface area contributed by atoms with Crippen molar-refractivity contribution in [3.05, 3.63) is 35.4 Å². The molecule has 0 bridgehead atoms. The highest BCUT2D eigenvalue weighted by molar-refractivity contribution is 5.55. The van der Waals surface area contributed by atoms with E-state index in [1.54, 1.807) is 0 Å². The summed E-state index contributed by atoms with van der Waals surface area (Å²) in [6.45, 7) is 8.56. The molecule has 1 atom stereocenters. The highest BCUT2D eigenvalue weighted by atomic mass is 16.5. The molecule has 0 saturated carbocycles. The van der Waals surface area contributed by atoms with Crippen LogP contribution in [0.25, 0.3) is 6.08 Å². The zero-order chi connectivity index (χ0) is 11.1. The highest BCUT2D eigenvalue weighted by Crippen LogP contribution is 2.44. The second-order valence-electron chi connectivity index (χ2n) is 4.72. The van der Waals surface area contributed by atoms with Crippen molar-refractivity contribution in [2.75, 3.05) is 0 Å². The van der Waals surface area contributed by atoms with Crippen molar-refractivity contribution < 1.29 is 4.74 Å². The van der Waals surface area contributed by atoms with E-state index in [0.29, 0.717) is 5.92 Å². The highest BCUT2D eigenvalue weighted by Gasteiger charge is 2.37. The lowest BCUT2D eigenvalue weighted by Crippen LogP contribution is -2.28. The zero-order valence-electron chi connectivity index (χ0n) is 9.87. The SMILES string of the molecule is C/C=C/c1ccc2c(c1)[C@@H](C)C(C)(C)O2. The second kappa shape index (κ2) is 3.41. The summed E-state index contributed by atoms with van der Waals surface area (Å²) in [5, 5.41) is 0. The quantitative estimate of drug-likeness (QED) is 0.669. The molecular formula is C14H18O. The summed E-state index contributed by atoms with van der Waals surface area (Å²) in [5.74, 6) is 1.50. The second-order valence-corrected chi connectivity index (χ2v) is 4.72. The minimum absolute atomic E-state index is 0.0725. The van der Waals surface area contributed by atoms with Crippen LogP contribution in [0.15, 0.2) is 24.3 Å². The van der Waals surface area contributed by atoms with E-state index in [4.69, 9.17) is 4.74 Å². The first-order chi connectivity index (χ1) is 7.04. The van der Waals surface area contributed by atoms with Gasteiger partial charge < -0.3 is 4.74 Å². The molecule has 0 unspecified atom stereocenters. The Morgan fingerprint density at radius 3 is 2.73 bits per heavy atom. The Kier molecular flexibility index (Phi) is 2.34. The molecular weight excluding hydrogens is 184 g/mol. The molecule has 1 heterocycles. The molecule has 0 saturated heterocycles. The third-order valence-electron chi connectivity index (χ3n) is 3.28. The van der Waals surface area contributed by atoms with Gasteiger partial charge in [-0.25, -0.2) is 0 Å². The van der Waals surface area contributed by atoms with Gasteiger partial charge in [-0.15, -0.1) is 0 Å². The van der Waals surface area contributed by atoms with E-state index < -0.39 is 0 Å². The summed E-state index contributed by atoms with van der Waals surface area (Å²) in [6.07, 6.45) is 4.19. The largest absolute Gasteiger partial charge is 0.487 e. The van der Waals surface area contributed by atoms with Gasteiger partial charge in [-0.1, -0.05) is 25.1 Å². The van der Waals surface area contributed by atoms with Crippen molar-refractivity contribution in [2.45, 2.75) is 39.2 Å². The zero-order valence-corrected chi connectivity index (χ0v) is 9.87. The van der Waals surface area contributed by atoms with Gasteiger partial charge in [-0.3, -0.25) is 0 Å². The van der Waals surface area contributed by atoms with Gasteiger partial charge in [0.1, 0.15) is 11.4 Å². The molecule has 0 fully saturated rings. The lowest BCUT2D eigenvalue weighted by Gasteiger charge is -2.22. The topological polar surface area (TPSA) is 9.23 Å². The van der Waals surface area contributed by atoms with Crippen LogP contribution in [0.4, 0.5) is 0 Å². The monoisotopic (exact) mass is 202 g/mol. The number of hydrogen-bond acceptors (Lipinski definition) is 1. The Hall–Kier alpha value is -1.24. The first kappa shape index (κ1) is 10.3. The fraction of sp³-hybridized carbons (Fsp3) is 0.429. The lowest BCUT2D eigenvalue weighted by atomic mass is 9.88. The van der Waals surface area contributed by atoms with Gasteiger partial charge in [-0.05, 0) is 38.5 Å². The maximum Gasteiger partial charge on any atom is 0.123 e. The lowest BCUT2D eigenvalue weighted by molar-refractivity contribution is 0.116. The first-order valence-electron chi connectivity index (χ1n) is 5.50. The molecule has 80 valence electrons. The van der Waals surface area contributed by atoms with E-state index in [2.05, 4.69) is 51.1 Å². The Morgan fingerprint density at radius 1 is 1.33 bits per heavy atom. The van der Waals surface area contributed by atoms with Crippen molar-refractivity contribution in [2.24, 2.45) is 0 Å². The van der Waals surface area contributed by atoms with E-state index in [1.807, 2.05) is 6.92 Å². The average Bonchev–Trinajstić information content (AvgIpc) is 2.40. The third kappa shape index (κ3) is 1.67. The number of hydrogen-bond donors (Lipinski definition) is 0. The maximum atomic E-state index is 5.92. The summed E-state index contributed by atoms with van der Waals surface area (Å²) in [6, 6.07) is 6.41. The summed E-state index contributed by atoms with van der Waals surface area (Å²) in [5.41, 5.74) is 2.51. The maximum absolute atomic E-state index is 5.92. The van der Waals surface area contributed by atoms with Crippen LogP contribution < -0.4 is 4.74 Å². The van der Waals surface area contributed by atoms with Crippen LogP contribution in [0, 0.1) is 0 Å². The van der Waals surface area contributed by atoms with Gasteiger partial charge in [0.05, 0.1) is 0 Å². The van der Waals surface area contributed by atoms with E-state index in [-0.39, 0.29) is 5.60 Å². The predicted molar refractivity (Wildman–Crippen MR) is 64.3 cm³/mol. The van der Waals surface area contributed by atoms with E-state index in [9.17, 15) is 0 Å². The van der Waals surface area contributed by atoms with Crippen molar-refractivity contribution >= 4 is 6.08 Å². The third-order valence-corrected chi connectivity index (χ3v) is 3.28. The van der Waals surface area contributed by atoms with E-state index >= 15 is 0 Å². The summed E-state index contributed by atoms with van der Waals surface area (Å²) >= 11 is 0. The molecule has 1 aromatic carbocycles. The standard InChI is InChI=1S/C14H18O/c1-5-6-11-7-8-13-12(9-11)10(2)14(3,4)15-13/h5-10H,1-4H3/b6-5+/t10-/m1/s1. The fourth-order valence-corrected chi connectivity index (χ4v) is 2.04. The van der Waals surface area contributed by atoms with Gasteiger partial charge in [0, 0.05) is 11.5 Å². The van der Waals surface area contributed by atoms with Gasteiger partial charge in [0.15, 0.2) is 0 Å². The predicted octanol–water partition coefficient (Wildman–Crippen LogP) is 3.99. The van der Waals surface area contributed by atoms with Crippen LogP contribution in [0.5, 0.6) is 5.75 Å². The van der Waals surface area contributed by atoms with Gasteiger partial charge in [0.25, 0.3) is 0 Å². The van der Waals surface area contributed by atoms with Crippen LogP contribution in [0.3, 0.4) is 0 Å². The molecule has 1 aliphatic heterocycles. The van der Waals surface area contributed by atoms with E-state index in [1.165, 1.54) is 11.1 Å². The Labute approximate surface area is 91.8 Å². The van der Waals surface area contributed by atoms with Gasteiger partial charge in [-0.2, -0.15) is 0 Å². The van der Waals surface area contributed by atoms with Crippen molar-refractivity contribution in [3.63, 3.8) is 0 Å². The molecule has 0 N–H and O–H groups in total. The summed E-state index contributed by atoms with van der Waals surface area (Å²) < 4.78 is 5.92. The number of benzene rings is 1. The Morgan fingerprint density at radius 2 is 2.07 bits per heavy atom. The van der Waals surface area contributed by atoms with Crippen molar-refractivity contribution in [1.29, 1.82) is 0 Å². The smallest absolute Gasteiger partial charge is 0.123 e. The molecule has 15 heavy (non-hydrogen) atoms. The van der Waals surface area contributed by atoms with Crippen molar-refractivity contribution in [1.82, 2.24) is 0 Å². The van der Waals surface area contributed by atoms with Crippen LogP contribution in [-0.2, 0) is 0 Å². The molecule has 2 rings (SSSR count). The van der Waals surface area contributed by atoms with Gasteiger partial charge >= 0.3 is 0 Å². The first-order valence-corrected chi connectivity index (χ1v) is 5.50. The number of rotatable bonds is 1. The molecule has 0 amide bonds. The molecule has 0 spiro atoms. The molecule has 1 aromatic rings. The van der Waals surface area contributed by atoms with Crippen LogP contribution >= 0.6 is 0 Å². The molecule has 1 heteroatoms. The molecule has 0 aliphatic carbocycles. The summed E-state index contributed by atoms with van der Waals surface area (Å²) in [7, 11) is 0. The van der Waals surface area contributed by atoms with Gasteiger partial charge in [0.2, 0.25) is 0 Å². The minimum atomic E-state index is -0.0725. The van der Waals surface area contributed by atoms with E-state index in [0.717, 1.165) is 5.75 Å². The fourth-order valence-electron chi connectivity index (χ4n) is 2.04. The van der Waals surface area contributed by atoms with Crippen molar-refractivity contribution in [3.8, 4) is 5.75 Å². The number of allylic oxidation sites excluding steroid dienone is 1. The molecule has 1 aliphatic rings. The average molecular weight is 202 g/mol.